The molecule has 3 heterocycles. The number of carbonyl (C=O) groups excluding carboxylic acids is 1. The highest BCUT2D eigenvalue weighted by Crippen LogP contribution is 2.36. The fourth-order valence-corrected chi connectivity index (χ4v) is 5.86. The van der Waals surface area contributed by atoms with Gasteiger partial charge in [0.2, 0.25) is 11.2 Å². The van der Waals surface area contributed by atoms with Crippen molar-refractivity contribution in [1.82, 2.24) is 9.88 Å². The number of benzene rings is 2. The summed E-state index contributed by atoms with van der Waals surface area (Å²) in [6, 6.07) is 9.26. The van der Waals surface area contributed by atoms with E-state index in [0.717, 1.165) is 29.7 Å². The number of nitrogens with zero attached hydrogens (tertiary/aromatic N) is 2. The molecular weight excluding hydrogens is 464 g/mol. The number of aromatic hydroxyl groups is 1. The van der Waals surface area contributed by atoms with Crippen molar-refractivity contribution >= 4 is 38.5 Å². The standard InChI is InChI=1S/C27H28N2O5S/c1-4-33-27(32)25-21(26-28-19-9-5-6-10-20(19)35-26)23(31)18-12-17(22(30)16(3)24(18)34-25)14-29-11-7-8-15(2)13-29/h5-6,9-10,12,15,30H,4,7-8,11,13-14H2,1-3H3. The van der Waals surface area contributed by atoms with E-state index in [2.05, 4.69) is 16.8 Å². The molecule has 8 heteroatoms. The Morgan fingerprint density at radius 3 is 2.89 bits per heavy atom. The van der Waals surface area contributed by atoms with E-state index >= 15 is 0 Å². The van der Waals surface area contributed by atoms with Gasteiger partial charge < -0.3 is 14.3 Å². The lowest BCUT2D eigenvalue weighted by atomic mass is 9.98. The molecule has 1 atom stereocenters. The van der Waals surface area contributed by atoms with Crippen LogP contribution in [0.2, 0.25) is 0 Å². The number of thiazole rings is 1. The van der Waals surface area contributed by atoms with Crippen LogP contribution in [0.25, 0.3) is 31.8 Å². The molecule has 0 spiro atoms. The molecule has 5 rings (SSSR count). The van der Waals surface area contributed by atoms with Crippen LogP contribution < -0.4 is 5.43 Å². The number of ether oxygens (including phenoxy) is 1. The van der Waals surface area contributed by atoms with Crippen molar-refractivity contribution in [3.8, 4) is 16.3 Å². The number of carbonyl (C=O) groups is 1. The number of likely N-dealkylation sites (tertiary alicyclic amines) is 1. The molecule has 0 radical (unpaired) electrons. The predicted octanol–water partition coefficient (Wildman–Crippen LogP) is 5.49. The van der Waals surface area contributed by atoms with Crippen LogP contribution in [0.5, 0.6) is 5.75 Å². The Kier molecular flexibility index (Phi) is 6.34. The van der Waals surface area contributed by atoms with Gasteiger partial charge in [-0.05, 0) is 57.4 Å². The number of phenolic OH excluding ortho intramolecular Hbond substituents is 1. The van der Waals surface area contributed by atoms with E-state index in [-0.39, 0.29) is 34.7 Å². The smallest absolute Gasteiger partial charge is 0.375 e. The van der Waals surface area contributed by atoms with Gasteiger partial charge in [-0.25, -0.2) is 9.78 Å². The molecule has 1 fully saturated rings. The van der Waals surface area contributed by atoms with Crippen LogP contribution in [0.4, 0.5) is 0 Å². The van der Waals surface area contributed by atoms with Crippen molar-refractivity contribution in [2.24, 2.45) is 5.92 Å². The molecule has 0 saturated carbocycles. The number of esters is 1. The Morgan fingerprint density at radius 2 is 2.14 bits per heavy atom. The molecule has 1 aliphatic heterocycles. The fraction of sp³-hybridized carbons (Fsp3) is 0.370. The van der Waals surface area contributed by atoms with Gasteiger partial charge in [0, 0.05) is 24.2 Å². The van der Waals surface area contributed by atoms with Crippen LogP contribution in [-0.4, -0.2) is 40.7 Å². The Bertz CT molecular complexity index is 1460. The van der Waals surface area contributed by atoms with E-state index in [0.29, 0.717) is 34.0 Å². The van der Waals surface area contributed by atoms with Gasteiger partial charge in [-0.3, -0.25) is 9.69 Å². The second kappa shape index (κ2) is 9.43. The minimum atomic E-state index is -0.731. The molecule has 35 heavy (non-hydrogen) atoms. The second-order valence-corrected chi connectivity index (χ2v) is 10.2. The zero-order valence-electron chi connectivity index (χ0n) is 20.1. The molecule has 7 nitrogen and oxygen atoms in total. The average molecular weight is 493 g/mol. The lowest BCUT2D eigenvalue weighted by Crippen LogP contribution is -2.33. The molecule has 0 bridgehead atoms. The highest BCUT2D eigenvalue weighted by molar-refractivity contribution is 7.21. The maximum atomic E-state index is 13.9. The van der Waals surface area contributed by atoms with Crippen LogP contribution in [0, 0.1) is 12.8 Å². The third-order valence-electron chi connectivity index (χ3n) is 6.57. The third-order valence-corrected chi connectivity index (χ3v) is 7.62. The Hall–Kier alpha value is -3.23. The Morgan fingerprint density at radius 1 is 1.34 bits per heavy atom. The van der Waals surface area contributed by atoms with Gasteiger partial charge in [0.05, 0.1) is 22.2 Å². The summed E-state index contributed by atoms with van der Waals surface area (Å²) in [6.45, 7) is 8.21. The van der Waals surface area contributed by atoms with Crippen molar-refractivity contribution in [3.05, 3.63) is 57.4 Å². The first-order valence-electron chi connectivity index (χ1n) is 11.9. The molecule has 1 N–H and O–H groups in total. The monoisotopic (exact) mass is 492 g/mol. The van der Waals surface area contributed by atoms with E-state index < -0.39 is 5.97 Å². The largest absolute Gasteiger partial charge is 0.507 e. The topological polar surface area (TPSA) is 92.9 Å². The van der Waals surface area contributed by atoms with Gasteiger partial charge >= 0.3 is 5.97 Å². The van der Waals surface area contributed by atoms with E-state index in [1.165, 1.54) is 17.8 Å². The van der Waals surface area contributed by atoms with Gasteiger partial charge in [-0.15, -0.1) is 11.3 Å². The number of phenols is 1. The quantitative estimate of drug-likeness (QED) is 0.368. The summed E-state index contributed by atoms with van der Waals surface area (Å²) in [7, 11) is 0. The zero-order valence-corrected chi connectivity index (χ0v) is 20.9. The summed E-state index contributed by atoms with van der Waals surface area (Å²) >= 11 is 1.33. The van der Waals surface area contributed by atoms with Gasteiger partial charge in [0.15, 0.2) is 0 Å². The van der Waals surface area contributed by atoms with E-state index in [1.54, 1.807) is 19.9 Å². The summed E-state index contributed by atoms with van der Waals surface area (Å²) < 4.78 is 12.1. The fourth-order valence-electron chi connectivity index (χ4n) is 4.86. The normalized spacial score (nSPS) is 16.7. The molecule has 1 aliphatic rings. The maximum Gasteiger partial charge on any atom is 0.375 e. The van der Waals surface area contributed by atoms with Crippen LogP contribution in [0.3, 0.4) is 0 Å². The highest BCUT2D eigenvalue weighted by atomic mass is 32.1. The number of aromatic nitrogens is 1. The summed E-state index contributed by atoms with van der Waals surface area (Å²) in [5.74, 6) is -0.244. The number of hydrogen-bond acceptors (Lipinski definition) is 8. The Balaban J connectivity index is 1.71. The van der Waals surface area contributed by atoms with Gasteiger partial charge in [-0.1, -0.05) is 19.1 Å². The van der Waals surface area contributed by atoms with Crippen molar-refractivity contribution < 1.29 is 19.1 Å². The lowest BCUT2D eigenvalue weighted by molar-refractivity contribution is 0.0492. The number of piperidine rings is 1. The minimum Gasteiger partial charge on any atom is -0.507 e. The molecule has 0 amide bonds. The Labute approximate surface area is 207 Å². The predicted molar refractivity (Wildman–Crippen MR) is 137 cm³/mol. The van der Waals surface area contributed by atoms with Crippen LogP contribution in [0.1, 0.15) is 48.4 Å². The van der Waals surface area contributed by atoms with E-state index in [9.17, 15) is 14.7 Å². The number of hydrogen-bond donors (Lipinski definition) is 1. The molecule has 4 aromatic rings. The van der Waals surface area contributed by atoms with Crippen molar-refractivity contribution in [3.63, 3.8) is 0 Å². The molecule has 1 saturated heterocycles. The number of fused-ring (bicyclic) bond motifs is 2. The third kappa shape index (κ3) is 4.32. The molecule has 2 aromatic carbocycles. The van der Waals surface area contributed by atoms with Crippen molar-refractivity contribution in [2.45, 2.75) is 40.2 Å². The molecule has 182 valence electrons. The summed E-state index contributed by atoms with van der Waals surface area (Å²) in [5.41, 5.74) is 1.78. The summed E-state index contributed by atoms with van der Waals surface area (Å²) in [4.78, 5) is 33.7. The zero-order chi connectivity index (χ0) is 24.7. The van der Waals surface area contributed by atoms with Gasteiger partial charge in [-0.2, -0.15) is 0 Å². The van der Waals surface area contributed by atoms with Crippen LogP contribution in [-0.2, 0) is 11.3 Å². The van der Waals surface area contributed by atoms with E-state index in [4.69, 9.17) is 9.15 Å². The SMILES string of the molecule is CCOC(=O)c1oc2c(C)c(O)c(CN3CCCC(C)C3)cc2c(=O)c1-c1nc2ccccc2s1. The van der Waals surface area contributed by atoms with E-state index in [1.807, 2.05) is 24.3 Å². The van der Waals surface area contributed by atoms with Gasteiger partial charge in [0.25, 0.3) is 0 Å². The second-order valence-electron chi connectivity index (χ2n) is 9.21. The summed E-state index contributed by atoms with van der Waals surface area (Å²) in [6.07, 6.45) is 2.31. The maximum absolute atomic E-state index is 13.9. The number of aryl methyl sites for hydroxylation is 1. The van der Waals surface area contributed by atoms with Gasteiger partial charge in [0.1, 0.15) is 21.9 Å². The lowest BCUT2D eigenvalue weighted by Gasteiger charge is -2.31. The number of rotatable bonds is 5. The first kappa shape index (κ1) is 23.5. The minimum absolute atomic E-state index is 0.0847. The van der Waals surface area contributed by atoms with Crippen LogP contribution >= 0.6 is 11.3 Å². The summed E-state index contributed by atoms with van der Waals surface area (Å²) in [5, 5.41) is 11.7. The van der Waals surface area contributed by atoms with Crippen molar-refractivity contribution in [1.29, 1.82) is 0 Å². The number of para-hydroxylation sites is 1. The molecule has 0 aliphatic carbocycles. The first-order chi connectivity index (χ1) is 16.9. The molecule has 1 unspecified atom stereocenters. The molecule has 2 aromatic heterocycles. The first-order valence-corrected chi connectivity index (χ1v) is 12.8. The average Bonchev–Trinajstić information content (AvgIpc) is 3.26. The highest BCUT2D eigenvalue weighted by Gasteiger charge is 2.28. The van der Waals surface area contributed by atoms with Crippen molar-refractivity contribution in [2.75, 3.05) is 19.7 Å². The molecular formula is C27H28N2O5S. The van der Waals surface area contributed by atoms with Crippen LogP contribution in [0.15, 0.2) is 39.5 Å².